The van der Waals surface area contributed by atoms with Gasteiger partial charge < -0.3 is 14.4 Å². The van der Waals surface area contributed by atoms with E-state index in [0.29, 0.717) is 10.5 Å². The van der Waals surface area contributed by atoms with Crippen LogP contribution < -0.4 is 0 Å². The zero-order valence-electron chi connectivity index (χ0n) is 13.6. The molecule has 0 radical (unpaired) electrons. The van der Waals surface area contributed by atoms with Crippen molar-refractivity contribution in [3.05, 3.63) is 64.9 Å². The van der Waals surface area contributed by atoms with E-state index in [2.05, 4.69) is 4.98 Å². The van der Waals surface area contributed by atoms with E-state index in [1.54, 1.807) is 42.5 Å². The first kappa shape index (κ1) is 18.7. The van der Waals surface area contributed by atoms with Crippen LogP contribution in [-0.4, -0.2) is 27.4 Å². The molecule has 2 aromatic carbocycles. The maximum atomic E-state index is 13.2. The molecule has 1 unspecified atom stereocenters. The average Bonchev–Trinajstić information content (AvgIpc) is 2.96. The Labute approximate surface area is 152 Å². The van der Waals surface area contributed by atoms with Crippen molar-refractivity contribution in [3.8, 4) is 0 Å². The Balaban J connectivity index is 1.68. The SMILES string of the molecule is OC(COCc1ccc(Cl)cc1)Cn1c(C(F)(F)F)nc2ccccc21. The van der Waals surface area contributed by atoms with Crippen molar-refractivity contribution in [2.24, 2.45) is 0 Å². The monoisotopic (exact) mass is 384 g/mol. The fourth-order valence-electron chi connectivity index (χ4n) is 2.63. The molecule has 0 spiro atoms. The van der Waals surface area contributed by atoms with Gasteiger partial charge in [-0.3, -0.25) is 0 Å². The molecule has 4 nitrogen and oxygen atoms in total. The highest BCUT2D eigenvalue weighted by Gasteiger charge is 2.37. The van der Waals surface area contributed by atoms with Gasteiger partial charge in [-0.15, -0.1) is 0 Å². The molecular weight excluding hydrogens is 369 g/mol. The molecule has 8 heteroatoms. The Hall–Kier alpha value is -2.09. The molecule has 0 aliphatic carbocycles. The number of alkyl halides is 3. The summed E-state index contributed by atoms with van der Waals surface area (Å²) in [5.41, 5.74) is 1.40. The topological polar surface area (TPSA) is 47.3 Å². The molecule has 1 aromatic heterocycles. The fourth-order valence-corrected chi connectivity index (χ4v) is 2.76. The molecule has 3 aromatic rings. The molecular formula is C18H16ClF3N2O2. The maximum Gasteiger partial charge on any atom is 0.449 e. The number of rotatable bonds is 6. The van der Waals surface area contributed by atoms with E-state index in [9.17, 15) is 18.3 Å². The van der Waals surface area contributed by atoms with Crippen LogP contribution in [0.5, 0.6) is 0 Å². The molecule has 0 bridgehead atoms. The summed E-state index contributed by atoms with van der Waals surface area (Å²) >= 11 is 5.79. The largest absolute Gasteiger partial charge is 0.449 e. The van der Waals surface area contributed by atoms with Gasteiger partial charge in [0.2, 0.25) is 5.82 Å². The number of aliphatic hydroxyl groups is 1. The van der Waals surface area contributed by atoms with Gasteiger partial charge in [-0.2, -0.15) is 13.2 Å². The number of aliphatic hydroxyl groups excluding tert-OH is 1. The molecule has 1 heterocycles. The van der Waals surface area contributed by atoms with Crippen molar-refractivity contribution in [1.82, 2.24) is 9.55 Å². The number of imidazole rings is 1. The van der Waals surface area contributed by atoms with Crippen molar-refractivity contribution < 1.29 is 23.0 Å². The van der Waals surface area contributed by atoms with Gasteiger partial charge in [0, 0.05) is 5.02 Å². The summed E-state index contributed by atoms with van der Waals surface area (Å²) in [5.74, 6) is -1.03. The number of hydrogen-bond acceptors (Lipinski definition) is 3. The van der Waals surface area contributed by atoms with Crippen molar-refractivity contribution >= 4 is 22.6 Å². The highest BCUT2D eigenvalue weighted by Crippen LogP contribution is 2.31. The summed E-state index contributed by atoms with van der Waals surface area (Å²) in [7, 11) is 0. The quantitative estimate of drug-likeness (QED) is 0.689. The third-order valence-corrected chi connectivity index (χ3v) is 4.05. The van der Waals surface area contributed by atoms with Gasteiger partial charge in [-0.1, -0.05) is 35.9 Å². The minimum atomic E-state index is -4.61. The van der Waals surface area contributed by atoms with E-state index in [0.717, 1.165) is 10.1 Å². The lowest BCUT2D eigenvalue weighted by Gasteiger charge is -2.16. The van der Waals surface area contributed by atoms with Crippen LogP contribution in [0.15, 0.2) is 48.5 Å². The Morgan fingerprint density at radius 2 is 1.81 bits per heavy atom. The van der Waals surface area contributed by atoms with Crippen LogP contribution in [0.25, 0.3) is 11.0 Å². The molecule has 0 aliphatic rings. The summed E-state index contributed by atoms with van der Waals surface area (Å²) in [6.45, 7) is -0.145. The normalized spacial score (nSPS) is 13.3. The summed E-state index contributed by atoms with van der Waals surface area (Å²) in [4.78, 5) is 3.65. The van der Waals surface area contributed by atoms with Gasteiger partial charge in [0.1, 0.15) is 0 Å². The summed E-state index contributed by atoms with van der Waals surface area (Å²) in [6.07, 6.45) is -5.72. The van der Waals surface area contributed by atoms with Crippen LogP contribution in [0.3, 0.4) is 0 Å². The second kappa shape index (κ2) is 7.65. The number of halogens is 4. The zero-order valence-corrected chi connectivity index (χ0v) is 14.3. The standard InChI is InChI=1S/C18H16ClF3N2O2/c19-13-7-5-12(6-8-13)10-26-11-14(25)9-24-16-4-2-1-3-15(16)23-17(24)18(20,21)22/h1-8,14,25H,9-11H2. The first-order chi connectivity index (χ1) is 12.3. The van der Waals surface area contributed by atoms with Crippen molar-refractivity contribution in [2.45, 2.75) is 25.4 Å². The second-order valence-corrected chi connectivity index (χ2v) is 6.26. The third kappa shape index (κ3) is 4.35. The summed E-state index contributed by atoms with van der Waals surface area (Å²) < 4.78 is 46.1. The third-order valence-electron chi connectivity index (χ3n) is 3.79. The lowest BCUT2D eigenvalue weighted by atomic mass is 10.2. The van der Waals surface area contributed by atoms with Gasteiger partial charge in [-0.25, -0.2) is 4.98 Å². The molecule has 0 saturated heterocycles. The molecule has 3 rings (SSSR count). The number of ether oxygens (including phenoxy) is 1. The predicted octanol–water partition coefficient (Wildman–Crippen LogP) is 4.29. The Morgan fingerprint density at radius 1 is 1.12 bits per heavy atom. The second-order valence-electron chi connectivity index (χ2n) is 5.83. The smallest absolute Gasteiger partial charge is 0.389 e. The number of aromatic nitrogens is 2. The number of para-hydroxylation sites is 2. The number of fused-ring (bicyclic) bond motifs is 1. The number of nitrogens with zero attached hydrogens (tertiary/aromatic N) is 2. The Kier molecular flexibility index (Phi) is 5.50. The zero-order chi connectivity index (χ0) is 18.7. The first-order valence-corrected chi connectivity index (χ1v) is 8.25. The van der Waals surface area contributed by atoms with E-state index in [4.69, 9.17) is 16.3 Å². The van der Waals surface area contributed by atoms with Gasteiger partial charge in [-0.05, 0) is 29.8 Å². The molecule has 1 atom stereocenters. The minimum absolute atomic E-state index is 0.105. The van der Waals surface area contributed by atoms with Crippen LogP contribution in [0.1, 0.15) is 11.4 Å². The Bertz CT molecular complexity index is 878. The molecule has 26 heavy (non-hydrogen) atoms. The van der Waals surface area contributed by atoms with Crippen LogP contribution in [-0.2, 0) is 24.1 Å². The van der Waals surface area contributed by atoms with E-state index in [-0.39, 0.29) is 25.3 Å². The van der Waals surface area contributed by atoms with Gasteiger partial charge >= 0.3 is 6.18 Å². The fraction of sp³-hybridized carbons (Fsp3) is 0.278. The molecule has 0 aliphatic heterocycles. The maximum absolute atomic E-state index is 13.2. The summed E-state index contributed by atoms with van der Waals surface area (Å²) in [6, 6.07) is 13.3. The molecule has 1 N–H and O–H groups in total. The van der Waals surface area contributed by atoms with Crippen LogP contribution in [0, 0.1) is 0 Å². The van der Waals surface area contributed by atoms with Gasteiger partial charge in [0.25, 0.3) is 0 Å². The van der Waals surface area contributed by atoms with E-state index in [1.807, 2.05) is 0 Å². The average molecular weight is 385 g/mol. The van der Waals surface area contributed by atoms with Crippen molar-refractivity contribution in [2.75, 3.05) is 6.61 Å². The van der Waals surface area contributed by atoms with Gasteiger partial charge in [0.15, 0.2) is 0 Å². The van der Waals surface area contributed by atoms with Gasteiger partial charge in [0.05, 0.1) is 36.9 Å². The predicted molar refractivity (Wildman–Crippen MR) is 91.8 cm³/mol. The van der Waals surface area contributed by atoms with Crippen LogP contribution in [0.2, 0.25) is 5.02 Å². The lowest BCUT2D eigenvalue weighted by Crippen LogP contribution is -2.25. The lowest BCUT2D eigenvalue weighted by molar-refractivity contribution is -0.147. The molecule has 0 saturated carbocycles. The van der Waals surface area contributed by atoms with Crippen LogP contribution in [0.4, 0.5) is 13.2 Å². The van der Waals surface area contributed by atoms with E-state index in [1.165, 1.54) is 6.07 Å². The number of benzene rings is 2. The molecule has 0 amide bonds. The minimum Gasteiger partial charge on any atom is -0.389 e. The highest BCUT2D eigenvalue weighted by molar-refractivity contribution is 6.30. The summed E-state index contributed by atoms with van der Waals surface area (Å²) in [5, 5.41) is 10.7. The highest BCUT2D eigenvalue weighted by atomic mass is 35.5. The Morgan fingerprint density at radius 3 is 2.50 bits per heavy atom. The van der Waals surface area contributed by atoms with Crippen molar-refractivity contribution in [1.29, 1.82) is 0 Å². The molecule has 0 fully saturated rings. The molecule has 138 valence electrons. The van der Waals surface area contributed by atoms with E-state index >= 15 is 0 Å². The first-order valence-electron chi connectivity index (χ1n) is 7.87. The van der Waals surface area contributed by atoms with Crippen LogP contribution >= 0.6 is 11.6 Å². The number of hydrogen-bond donors (Lipinski definition) is 1. The van der Waals surface area contributed by atoms with E-state index < -0.39 is 18.1 Å². The van der Waals surface area contributed by atoms with Crippen molar-refractivity contribution in [3.63, 3.8) is 0 Å².